The van der Waals surface area contributed by atoms with Gasteiger partial charge in [-0.15, -0.1) is 0 Å². The van der Waals surface area contributed by atoms with Crippen LogP contribution in [0, 0.1) is 6.92 Å². The van der Waals surface area contributed by atoms with Gasteiger partial charge in [-0.05, 0) is 32.0 Å². The maximum absolute atomic E-state index is 5.54. The Balaban J connectivity index is 2.01. The van der Waals surface area contributed by atoms with E-state index in [4.69, 9.17) is 4.74 Å². The summed E-state index contributed by atoms with van der Waals surface area (Å²) in [6.45, 7) is 6.88. The summed E-state index contributed by atoms with van der Waals surface area (Å²) >= 11 is 0. The number of ether oxygens (including phenoxy) is 1. The van der Waals surface area contributed by atoms with Crippen LogP contribution in [0.25, 0.3) is 0 Å². The van der Waals surface area contributed by atoms with E-state index < -0.39 is 0 Å². The molecule has 0 aliphatic heterocycles. The predicted octanol–water partition coefficient (Wildman–Crippen LogP) is 2.55. The van der Waals surface area contributed by atoms with E-state index >= 15 is 0 Å². The monoisotopic (exact) mass is 222 g/mol. The van der Waals surface area contributed by atoms with E-state index in [0.717, 1.165) is 24.5 Å². The second-order valence-corrected chi connectivity index (χ2v) is 3.94. The van der Waals surface area contributed by atoms with Crippen molar-refractivity contribution < 1.29 is 4.74 Å². The third-order valence-corrected chi connectivity index (χ3v) is 2.39. The Morgan fingerprint density at radius 1 is 1.25 bits per heavy atom. The molecule has 0 saturated heterocycles. The molecule has 1 N–H and O–H groups in total. The van der Waals surface area contributed by atoms with Gasteiger partial charge in [-0.1, -0.05) is 19.8 Å². The van der Waals surface area contributed by atoms with Gasteiger partial charge in [-0.25, -0.2) is 0 Å². The summed E-state index contributed by atoms with van der Waals surface area (Å²) in [5, 5.41) is 3.36. The van der Waals surface area contributed by atoms with Gasteiger partial charge in [0.1, 0.15) is 12.4 Å². The molecular formula is C13H22N2O. The van der Waals surface area contributed by atoms with E-state index in [1.807, 2.05) is 19.1 Å². The van der Waals surface area contributed by atoms with Crippen LogP contribution >= 0.6 is 0 Å². The third-order valence-electron chi connectivity index (χ3n) is 2.39. The molecule has 0 atom stereocenters. The van der Waals surface area contributed by atoms with Crippen molar-refractivity contribution in [2.75, 3.05) is 19.7 Å². The summed E-state index contributed by atoms with van der Waals surface area (Å²) in [7, 11) is 0. The zero-order chi connectivity index (χ0) is 11.6. The molecule has 3 nitrogen and oxygen atoms in total. The fraction of sp³-hybridized carbons (Fsp3) is 0.615. The van der Waals surface area contributed by atoms with E-state index in [-0.39, 0.29) is 0 Å². The first-order valence-corrected chi connectivity index (χ1v) is 6.09. The number of aromatic nitrogens is 1. The zero-order valence-corrected chi connectivity index (χ0v) is 10.3. The Hall–Kier alpha value is -1.09. The molecular weight excluding hydrogens is 200 g/mol. The van der Waals surface area contributed by atoms with Crippen LogP contribution in [-0.2, 0) is 0 Å². The number of nitrogens with zero attached hydrogens (tertiary/aromatic N) is 1. The number of rotatable bonds is 8. The van der Waals surface area contributed by atoms with Crippen molar-refractivity contribution in [2.24, 2.45) is 0 Å². The summed E-state index contributed by atoms with van der Waals surface area (Å²) in [5.41, 5.74) is 1.02. The minimum absolute atomic E-state index is 0.705. The molecule has 1 aromatic rings. The van der Waals surface area contributed by atoms with Crippen LogP contribution in [0.2, 0.25) is 0 Å². The lowest BCUT2D eigenvalue weighted by atomic mass is 10.2. The van der Waals surface area contributed by atoms with E-state index in [1.165, 1.54) is 19.3 Å². The van der Waals surface area contributed by atoms with Crippen LogP contribution in [0.3, 0.4) is 0 Å². The Labute approximate surface area is 98.2 Å². The van der Waals surface area contributed by atoms with Crippen molar-refractivity contribution in [3.63, 3.8) is 0 Å². The van der Waals surface area contributed by atoms with E-state index in [1.54, 1.807) is 6.20 Å². The number of hydrogen-bond acceptors (Lipinski definition) is 3. The molecule has 0 fully saturated rings. The highest BCUT2D eigenvalue weighted by atomic mass is 16.5. The summed E-state index contributed by atoms with van der Waals surface area (Å²) in [5.74, 6) is 0.848. The number of nitrogens with one attached hydrogen (secondary N) is 1. The Morgan fingerprint density at radius 3 is 2.81 bits per heavy atom. The summed E-state index contributed by atoms with van der Waals surface area (Å²) in [4.78, 5) is 4.17. The van der Waals surface area contributed by atoms with Crippen molar-refractivity contribution in [1.82, 2.24) is 10.3 Å². The largest absolute Gasteiger partial charge is 0.491 e. The van der Waals surface area contributed by atoms with Crippen LogP contribution in [0.4, 0.5) is 0 Å². The molecule has 0 radical (unpaired) electrons. The second kappa shape index (κ2) is 8.11. The first-order valence-electron chi connectivity index (χ1n) is 6.09. The highest BCUT2D eigenvalue weighted by Crippen LogP contribution is 2.07. The number of unbranched alkanes of at least 4 members (excludes halogenated alkanes) is 2. The quantitative estimate of drug-likeness (QED) is 0.686. The zero-order valence-electron chi connectivity index (χ0n) is 10.3. The highest BCUT2D eigenvalue weighted by Gasteiger charge is 1.93. The van der Waals surface area contributed by atoms with Crippen molar-refractivity contribution in [3.8, 4) is 5.75 Å². The van der Waals surface area contributed by atoms with Crippen LogP contribution in [0.15, 0.2) is 18.3 Å². The standard InChI is InChI=1S/C13H22N2O/c1-3-4-5-8-14-9-10-16-13-7-6-12(2)15-11-13/h6-7,11,14H,3-5,8-10H2,1-2H3. The Bertz CT molecular complexity index is 272. The van der Waals surface area contributed by atoms with Gasteiger partial charge in [-0.3, -0.25) is 4.98 Å². The molecule has 0 aliphatic rings. The molecule has 0 saturated carbocycles. The second-order valence-electron chi connectivity index (χ2n) is 3.94. The summed E-state index contributed by atoms with van der Waals surface area (Å²) < 4.78 is 5.54. The van der Waals surface area contributed by atoms with E-state index in [2.05, 4.69) is 17.2 Å². The van der Waals surface area contributed by atoms with Crippen molar-refractivity contribution >= 4 is 0 Å². The minimum atomic E-state index is 0.705. The van der Waals surface area contributed by atoms with Crippen LogP contribution in [0.1, 0.15) is 31.9 Å². The fourth-order valence-corrected chi connectivity index (χ4v) is 1.41. The lowest BCUT2D eigenvalue weighted by Crippen LogP contribution is -2.22. The molecule has 16 heavy (non-hydrogen) atoms. The van der Waals surface area contributed by atoms with E-state index in [0.29, 0.717) is 6.61 Å². The third kappa shape index (κ3) is 5.71. The molecule has 3 heteroatoms. The number of aryl methyl sites for hydroxylation is 1. The highest BCUT2D eigenvalue weighted by molar-refractivity contribution is 5.18. The molecule has 1 heterocycles. The molecule has 0 amide bonds. The summed E-state index contributed by atoms with van der Waals surface area (Å²) in [6, 6.07) is 3.92. The summed E-state index contributed by atoms with van der Waals surface area (Å²) in [6.07, 6.45) is 5.60. The Kier molecular flexibility index (Phi) is 6.58. The smallest absolute Gasteiger partial charge is 0.137 e. The molecule has 0 unspecified atom stereocenters. The minimum Gasteiger partial charge on any atom is -0.491 e. The first-order chi connectivity index (χ1) is 7.83. The SMILES string of the molecule is CCCCCNCCOc1ccc(C)nc1. The molecule has 0 aliphatic carbocycles. The van der Waals surface area contributed by atoms with Crippen molar-refractivity contribution in [3.05, 3.63) is 24.0 Å². The van der Waals surface area contributed by atoms with Gasteiger partial charge in [0, 0.05) is 12.2 Å². The maximum atomic E-state index is 5.54. The molecule has 0 bridgehead atoms. The van der Waals surface area contributed by atoms with Crippen molar-refractivity contribution in [2.45, 2.75) is 33.1 Å². The van der Waals surface area contributed by atoms with Gasteiger partial charge in [0.05, 0.1) is 6.20 Å². The van der Waals surface area contributed by atoms with Crippen LogP contribution < -0.4 is 10.1 Å². The molecule has 0 aromatic carbocycles. The topological polar surface area (TPSA) is 34.1 Å². The van der Waals surface area contributed by atoms with E-state index in [9.17, 15) is 0 Å². The van der Waals surface area contributed by atoms with Gasteiger partial charge in [0.15, 0.2) is 0 Å². The fourth-order valence-electron chi connectivity index (χ4n) is 1.41. The normalized spacial score (nSPS) is 10.4. The van der Waals surface area contributed by atoms with Gasteiger partial charge in [0.2, 0.25) is 0 Å². The average molecular weight is 222 g/mol. The van der Waals surface area contributed by atoms with Gasteiger partial charge < -0.3 is 10.1 Å². The Morgan fingerprint density at radius 2 is 2.12 bits per heavy atom. The van der Waals surface area contributed by atoms with Gasteiger partial charge in [0.25, 0.3) is 0 Å². The molecule has 1 aromatic heterocycles. The lowest BCUT2D eigenvalue weighted by molar-refractivity contribution is 0.312. The molecule has 1 rings (SSSR count). The molecule has 90 valence electrons. The number of hydrogen-bond donors (Lipinski definition) is 1. The maximum Gasteiger partial charge on any atom is 0.137 e. The lowest BCUT2D eigenvalue weighted by Gasteiger charge is -2.07. The van der Waals surface area contributed by atoms with Gasteiger partial charge >= 0.3 is 0 Å². The van der Waals surface area contributed by atoms with Crippen LogP contribution in [0.5, 0.6) is 5.75 Å². The van der Waals surface area contributed by atoms with Crippen molar-refractivity contribution in [1.29, 1.82) is 0 Å². The average Bonchev–Trinajstić information content (AvgIpc) is 2.30. The predicted molar refractivity (Wildman–Crippen MR) is 66.9 cm³/mol. The number of pyridine rings is 1. The van der Waals surface area contributed by atoms with Gasteiger partial charge in [-0.2, -0.15) is 0 Å². The van der Waals surface area contributed by atoms with Crippen LogP contribution in [-0.4, -0.2) is 24.7 Å². The first kappa shape index (κ1) is 13.0. The molecule has 0 spiro atoms.